The van der Waals surface area contributed by atoms with Crippen molar-refractivity contribution in [1.82, 2.24) is 10.6 Å². The summed E-state index contributed by atoms with van der Waals surface area (Å²) in [6.45, 7) is 3.36. The van der Waals surface area contributed by atoms with Crippen LogP contribution in [0.15, 0.2) is 60.7 Å². The lowest BCUT2D eigenvalue weighted by molar-refractivity contribution is -0.116. The smallest absolute Gasteiger partial charge is 0.407 e. The Bertz CT molecular complexity index is 1510. The van der Waals surface area contributed by atoms with E-state index in [0.717, 1.165) is 18.4 Å². The van der Waals surface area contributed by atoms with Gasteiger partial charge in [0.25, 0.3) is 0 Å². The number of anilines is 2. The number of carbonyl (C=O) groups is 2. The van der Waals surface area contributed by atoms with Gasteiger partial charge < -0.3 is 30.6 Å². The average molecular weight is 655 g/mol. The summed E-state index contributed by atoms with van der Waals surface area (Å²) in [6.07, 6.45) is 1.21. The molecule has 0 radical (unpaired) electrons. The Morgan fingerprint density at radius 3 is 2.49 bits per heavy atom. The summed E-state index contributed by atoms with van der Waals surface area (Å²) >= 11 is 0. The first-order valence-corrected chi connectivity index (χ1v) is 15.9. The van der Waals surface area contributed by atoms with Gasteiger partial charge in [0, 0.05) is 31.4 Å². The van der Waals surface area contributed by atoms with Crippen LogP contribution in [-0.4, -0.2) is 69.2 Å². The van der Waals surface area contributed by atoms with Crippen LogP contribution in [0.1, 0.15) is 42.9 Å². The lowest BCUT2D eigenvalue weighted by Crippen LogP contribution is -2.53. The molecule has 2 aliphatic rings. The van der Waals surface area contributed by atoms with Crippen LogP contribution in [0.3, 0.4) is 0 Å². The third-order valence-corrected chi connectivity index (χ3v) is 8.59. The fraction of sp³-hybridized carbons (Fsp3) is 0.429. The molecule has 12 heteroatoms. The Balaban J connectivity index is 1.26. The van der Waals surface area contributed by atoms with Crippen LogP contribution in [0.4, 0.5) is 29.3 Å². The van der Waals surface area contributed by atoms with Gasteiger partial charge in [-0.15, -0.1) is 0 Å². The van der Waals surface area contributed by atoms with Crippen molar-refractivity contribution in [2.45, 2.75) is 63.3 Å². The molecule has 2 heterocycles. The number of alkyl carbamates (subject to hydrolysis) is 1. The number of halogens is 3. The molecule has 3 aromatic rings. The summed E-state index contributed by atoms with van der Waals surface area (Å²) in [6, 6.07) is 14.2. The first-order chi connectivity index (χ1) is 22.7. The Morgan fingerprint density at radius 1 is 1.04 bits per heavy atom. The minimum Gasteiger partial charge on any atom is -0.445 e. The summed E-state index contributed by atoms with van der Waals surface area (Å²) in [7, 11) is 0. The van der Waals surface area contributed by atoms with Gasteiger partial charge in [-0.25, -0.2) is 18.0 Å². The van der Waals surface area contributed by atoms with Gasteiger partial charge in [0.15, 0.2) is 0 Å². The highest BCUT2D eigenvalue weighted by atomic mass is 19.1. The number of hydrogen-bond acceptors (Lipinski definition) is 7. The molecule has 0 bridgehead atoms. The number of morpholine rings is 1. The van der Waals surface area contributed by atoms with E-state index in [4.69, 9.17) is 19.9 Å². The second kappa shape index (κ2) is 16.2. The maximum Gasteiger partial charge on any atom is 0.407 e. The Kier molecular flexibility index (Phi) is 11.9. The standard InChI is InChI=1S/C35H41F3N4O5/c1-22(47-35(44)41-27-13-15-45-16-14-27)31-21-46-28(20-40-31)11-12-29-30(38)3-2-4-32(29)42(34(43)19-39)33-18-26(37)10-7-24(33)17-23-5-8-25(36)9-6-23/h2-10,18,22,27-28,31,40H,11-17,19-21,39H2,1H3,(H,41,44). The van der Waals surface area contributed by atoms with Crippen LogP contribution in [0.25, 0.3) is 0 Å². The number of nitrogens with one attached hydrogen (secondary N) is 2. The fourth-order valence-corrected chi connectivity index (χ4v) is 5.94. The van der Waals surface area contributed by atoms with Crippen LogP contribution in [0.5, 0.6) is 0 Å². The van der Waals surface area contributed by atoms with Crippen LogP contribution in [0.2, 0.25) is 0 Å². The quantitative estimate of drug-likeness (QED) is 0.270. The van der Waals surface area contributed by atoms with Crippen molar-refractivity contribution in [3.8, 4) is 0 Å². The molecule has 0 aliphatic carbocycles. The first kappa shape index (κ1) is 34.4. The summed E-state index contributed by atoms with van der Waals surface area (Å²) in [4.78, 5) is 27.0. The summed E-state index contributed by atoms with van der Waals surface area (Å²) in [5.41, 5.74) is 7.88. The largest absolute Gasteiger partial charge is 0.445 e. The highest BCUT2D eigenvalue weighted by Crippen LogP contribution is 2.35. The van der Waals surface area contributed by atoms with Crippen molar-refractivity contribution in [3.63, 3.8) is 0 Å². The predicted molar refractivity (Wildman–Crippen MR) is 171 cm³/mol. The third kappa shape index (κ3) is 9.10. The van der Waals surface area contributed by atoms with E-state index in [9.17, 15) is 18.4 Å². The zero-order valence-electron chi connectivity index (χ0n) is 26.4. The van der Waals surface area contributed by atoms with Gasteiger partial charge in [0.2, 0.25) is 5.91 Å². The molecule has 2 amide bonds. The molecule has 2 fully saturated rings. The molecule has 4 N–H and O–H groups in total. The number of amides is 2. The molecule has 0 aromatic heterocycles. The lowest BCUT2D eigenvalue weighted by atomic mass is 9.99. The molecule has 3 atom stereocenters. The van der Waals surface area contributed by atoms with Crippen molar-refractivity contribution in [2.24, 2.45) is 5.73 Å². The normalized spacial score (nSPS) is 19.2. The molecule has 0 spiro atoms. The van der Waals surface area contributed by atoms with Gasteiger partial charge >= 0.3 is 6.09 Å². The van der Waals surface area contributed by atoms with Gasteiger partial charge in [-0.3, -0.25) is 9.69 Å². The zero-order valence-corrected chi connectivity index (χ0v) is 26.4. The topological polar surface area (TPSA) is 115 Å². The monoisotopic (exact) mass is 654 g/mol. The molecule has 252 valence electrons. The maximum atomic E-state index is 15.5. The summed E-state index contributed by atoms with van der Waals surface area (Å²) < 4.78 is 60.6. The summed E-state index contributed by atoms with van der Waals surface area (Å²) in [5, 5.41) is 6.25. The van der Waals surface area contributed by atoms with Crippen molar-refractivity contribution in [1.29, 1.82) is 0 Å². The van der Waals surface area contributed by atoms with E-state index in [1.165, 1.54) is 41.3 Å². The first-order valence-electron chi connectivity index (χ1n) is 15.9. The van der Waals surface area contributed by atoms with E-state index in [0.29, 0.717) is 31.7 Å². The van der Waals surface area contributed by atoms with E-state index in [2.05, 4.69) is 10.6 Å². The molecule has 3 aromatic carbocycles. The fourth-order valence-electron chi connectivity index (χ4n) is 5.94. The molecule has 3 unspecified atom stereocenters. The molecule has 47 heavy (non-hydrogen) atoms. The minimum atomic E-state index is -0.578. The number of nitrogens with two attached hydrogens (primary N) is 1. The Morgan fingerprint density at radius 2 is 1.79 bits per heavy atom. The molecule has 2 aliphatic heterocycles. The van der Waals surface area contributed by atoms with Gasteiger partial charge in [0.1, 0.15) is 23.6 Å². The van der Waals surface area contributed by atoms with E-state index in [1.807, 2.05) is 0 Å². The van der Waals surface area contributed by atoms with Gasteiger partial charge in [-0.1, -0.05) is 24.3 Å². The molecule has 2 saturated heterocycles. The van der Waals surface area contributed by atoms with Crippen molar-refractivity contribution >= 4 is 23.4 Å². The SMILES string of the molecule is CC(OC(=O)NC1CCOCC1)C1COC(CCc2c(F)cccc2N(C(=O)CN)c2cc(F)ccc2Cc2ccc(F)cc2)CN1. The van der Waals surface area contributed by atoms with Crippen molar-refractivity contribution in [2.75, 3.05) is 37.8 Å². The highest BCUT2D eigenvalue weighted by Gasteiger charge is 2.30. The van der Waals surface area contributed by atoms with Crippen LogP contribution in [-0.2, 0) is 31.8 Å². The number of ether oxygens (including phenoxy) is 3. The van der Waals surface area contributed by atoms with Crippen LogP contribution in [0, 0.1) is 17.5 Å². The second-order valence-electron chi connectivity index (χ2n) is 11.9. The highest BCUT2D eigenvalue weighted by molar-refractivity contribution is 6.03. The number of carbonyl (C=O) groups excluding carboxylic acids is 2. The van der Waals surface area contributed by atoms with E-state index < -0.39 is 36.3 Å². The van der Waals surface area contributed by atoms with Crippen LogP contribution < -0.4 is 21.3 Å². The molecule has 0 saturated carbocycles. The average Bonchev–Trinajstić information content (AvgIpc) is 3.07. The predicted octanol–water partition coefficient (Wildman–Crippen LogP) is 4.90. The lowest BCUT2D eigenvalue weighted by Gasteiger charge is -2.34. The van der Waals surface area contributed by atoms with E-state index >= 15 is 4.39 Å². The minimum absolute atomic E-state index is 0.0324. The van der Waals surface area contributed by atoms with Crippen molar-refractivity contribution < 1.29 is 37.0 Å². The van der Waals surface area contributed by atoms with Gasteiger partial charge in [-0.2, -0.15) is 0 Å². The summed E-state index contributed by atoms with van der Waals surface area (Å²) in [5.74, 6) is -2.03. The van der Waals surface area contributed by atoms with Gasteiger partial charge in [-0.05, 0) is 86.6 Å². The molecule has 5 rings (SSSR count). The maximum absolute atomic E-state index is 15.5. The Hall–Kier alpha value is -3.97. The molecule has 9 nitrogen and oxygen atoms in total. The van der Waals surface area contributed by atoms with E-state index in [1.54, 1.807) is 31.2 Å². The molecular formula is C35H41F3N4O5. The second-order valence-corrected chi connectivity index (χ2v) is 11.9. The Labute approximate surface area is 272 Å². The third-order valence-electron chi connectivity index (χ3n) is 8.59. The van der Waals surface area contributed by atoms with E-state index in [-0.39, 0.29) is 60.4 Å². The van der Waals surface area contributed by atoms with Crippen LogP contribution >= 0.6 is 0 Å². The number of rotatable bonds is 11. The van der Waals surface area contributed by atoms with Crippen molar-refractivity contribution in [3.05, 3.63) is 94.8 Å². The van der Waals surface area contributed by atoms with Gasteiger partial charge in [0.05, 0.1) is 36.7 Å². The number of hydrogen-bond donors (Lipinski definition) is 3. The zero-order chi connectivity index (χ0) is 33.3. The number of nitrogens with zero attached hydrogens (tertiary/aromatic N) is 1. The molecular weight excluding hydrogens is 613 g/mol. The number of benzene rings is 3.